The Morgan fingerprint density at radius 3 is 1.42 bits per heavy atom. The number of fused-ring (bicyclic) bond motifs is 2. The van der Waals surface area contributed by atoms with Crippen molar-refractivity contribution in [1.29, 1.82) is 5.26 Å². The van der Waals surface area contributed by atoms with Crippen molar-refractivity contribution >= 4 is 28.2 Å². The van der Waals surface area contributed by atoms with Crippen molar-refractivity contribution in [2.45, 2.75) is 52.6 Å². The molecule has 0 aliphatic carbocycles. The minimum absolute atomic E-state index is 0.345. The van der Waals surface area contributed by atoms with E-state index in [1.807, 2.05) is 35.1 Å². The van der Waals surface area contributed by atoms with Gasteiger partial charge in [-0.2, -0.15) is 5.26 Å². The Morgan fingerprint density at radius 2 is 1.05 bits per heavy atom. The van der Waals surface area contributed by atoms with Crippen LogP contribution in [-0.2, 0) is 63.6 Å². The van der Waals surface area contributed by atoms with Crippen LogP contribution < -0.4 is 28.2 Å². The number of amides is 1. The zero-order valence-corrected chi connectivity index (χ0v) is 33.1. The summed E-state index contributed by atoms with van der Waals surface area (Å²) in [7, 11) is 6.13. The number of ether oxygens (including phenoxy) is 2. The van der Waals surface area contributed by atoms with Gasteiger partial charge in [-0.25, -0.2) is 19.6 Å². The number of rotatable bonds is 15. The highest BCUT2D eigenvalue weighted by Crippen LogP contribution is 2.17. The van der Waals surface area contributed by atoms with Crippen LogP contribution in [0.2, 0.25) is 0 Å². The number of benzene rings is 2. The minimum atomic E-state index is -0.498. The van der Waals surface area contributed by atoms with Gasteiger partial charge in [0.2, 0.25) is 5.91 Å². The van der Waals surface area contributed by atoms with Gasteiger partial charge in [-0.3, -0.25) is 32.7 Å². The van der Waals surface area contributed by atoms with Crippen LogP contribution in [0.15, 0.2) is 67.7 Å². The van der Waals surface area contributed by atoms with Crippen molar-refractivity contribution in [3.8, 4) is 6.07 Å². The lowest BCUT2D eigenvalue weighted by Crippen LogP contribution is -2.37. The molecule has 0 saturated heterocycles. The van der Waals surface area contributed by atoms with E-state index in [1.165, 1.54) is 23.2 Å². The standard InChI is InChI=1S/C20H25N5O4.C20H23N5O3/c1-4-10-29-11-9-15-22-18-16(19(27)24(3)20(28)23(18)2)25(15)12-13-5-7-14(8-6-13)17(21)26;1-4-10-28-11-9-16-22-18-17(19(26)24(3)20(27)23(18)2)25(16)13-15-7-5-14(12-21)6-8-15/h5-8H,4,9-12H2,1-3H3,(H2,21,26);5-8H,4,9-11,13H2,1-3H3. The Morgan fingerprint density at radius 1 is 0.649 bits per heavy atom. The van der Waals surface area contributed by atoms with Gasteiger partial charge in [-0.05, 0) is 48.2 Å². The molecular formula is C40H48N10O7. The maximum absolute atomic E-state index is 12.8. The number of primary amides is 1. The molecule has 0 aliphatic heterocycles. The molecule has 1 amide bonds. The summed E-state index contributed by atoms with van der Waals surface area (Å²) in [6.07, 6.45) is 2.88. The number of nitrogens with zero attached hydrogens (tertiary/aromatic N) is 9. The summed E-state index contributed by atoms with van der Waals surface area (Å²) in [4.78, 5) is 70.7. The van der Waals surface area contributed by atoms with Crippen LogP contribution >= 0.6 is 0 Å². The second-order valence-electron chi connectivity index (χ2n) is 13.6. The van der Waals surface area contributed by atoms with Crippen LogP contribution in [0.25, 0.3) is 22.3 Å². The first-order valence-electron chi connectivity index (χ1n) is 18.7. The number of nitrogens with two attached hydrogens (primary N) is 1. The van der Waals surface area contributed by atoms with Crippen molar-refractivity contribution in [3.05, 3.63) is 124 Å². The molecule has 17 heteroatoms. The average Bonchev–Trinajstić information content (AvgIpc) is 3.76. The number of carbonyl (C=O) groups is 1. The van der Waals surface area contributed by atoms with Gasteiger partial charge in [0.25, 0.3) is 11.1 Å². The van der Waals surface area contributed by atoms with Crippen molar-refractivity contribution < 1.29 is 14.3 Å². The van der Waals surface area contributed by atoms with E-state index in [0.717, 1.165) is 33.1 Å². The highest BCUT2D eigenvalue weighted by molar-refractivity contribution is 5.92. The summed E-state index contributed by atoms with van der Waals surface area (Å²) >= 11 is 0. The molecule has 4 heterocycles. The van der Waals surface area contributed by atoms with Gasteiger partial charge >= 0.3 is 11.4 Å². The molecule has 0 bridgehead atoms. The van der Waals surface area contributed by atoms with Gasteiger partial charge in [0.15, 0.2) is 22.3 Å². The van der Waals surface area contributed by atoms with E-state index in [4.69, 9.17) is 20.5 Å². The van der Waals surface area contributed by atoms with E-state index in [-0.39, 0.29) is 5.56 Å². The van der Waals surface area contributed by atoms with E-state index >= 15 is 0 Å². The summed E-state index contributed by atoms with van der Waals surface area (Å²) in [6.45, 7) is 7.12. The van der Waals surface area contributed by atoms with Crippen LogP contribution in [-0.4, -0.2) is 69.7 Å². The van der Waals surface area contributed by atoms with Crippen molar-refractivity contribution in [2.75, 3.05) is 26.4 Å². The van der Waals surface area contributed by atoms with Gasteiger partial charge in [0, 0.05) is 72.9 Å². The first kappa shape index (κ1) is 41.8. The van der Waals surface area contributed by atoms with Gasteiger partial charge in [-0.1, -0.05) is 38.1 Å². The molecule has 0 spiro atoms. The molecule has 4 aromatic heterocycles. The maximum Gasteiger partial charge on any atom is 0.332 e. The van der Waals surface area contributed by atoms with E-state index in [2.05, 4.69) is 16.0 Å². The number of hydrogen-bond acceptors (Lipinski definition) is 10. The molecule has 2 aromatic carbocycles. The molecular weight excluding hydrogens is 733 g/mol. The van der Waals surface area contributed by atoms with E-state index < -0.39 is 22.8 Å². The molecule has 17 nitrogen and oxygen atoms in total. The second kappa shape index (κ2) is 18.5. The fourth-order valence-corrected chi connectivity index (χ4v) is 6.35. The molecule has 0 atom stereocenters. The van der Waals surface area contributed by atoms with Crippen LogP contribution in [0.4, 0.5) is 0 Å². The number of imidazole rings is 2. The smallest absolute Gasteiger partial charge is 0.332 e. The quantitative estimate of drug-likeness (QED) is 0.150. The molecule has 6 aromatic rings. The predicted molar refractivity (Wildman–Crippen MR) is 214 cm³/mol. The number of hydrogen-bond donors (Lipinski definition) is 1. The van der Waals surface area contributed by atoms with Crippen LogP contribution in [0.3, 0.4) is 0 Å². The van der Waals surface area contributed by atoms with Gasteiger partial charge in [0.05, 0.1) is 24.8 Å². The summed E-state index contributed by atoms with van der Waals surface area (Å²) in [6, 6.07) is 16.2. The fourth-order valence-electron chi connectivity index (χ4n) is 6.35. The van der Waals surface area contributed by atoms with Crippen molar-refractivity contribution in [3.63, 3.8) is 0 Å². The Kier molecular flexibility index (Phi) is 13.6. The highest BCUT2D eigenvalue weighted by atomic mass is 16.5. The Bertz CT molecular complexity index is 2670. The summed E-state index contributed by atoms with van der Waals surface area (Å²) in [5, 5.41) is 8.98. The van der Waals surface area contributed by atoms with Gasteiger partial charge in [0.1, 0.15) is 11.6 Å². The normalized spacial score (nSPS) is 11.2. The maximum atomic E-state index is 12.8. The lowest BCUT2D eigenvalue weighted by atomic mass is 10.1. The zero-order valence-electron chi connectivity index (χ0n) is 33.1. The molecule has 2 N–H and O–H groups in total. The summed E-state index contributed by atoms with van der Waals surface area (Å²) < 4.78 is 19.8. The molecule has 0 aliphatic rings. The Hall–Kier alpha value is -6.38. The number of carbonyl (C=O) groups excluding carboxylic acids is 1. The highest BCUT2D eigenvalue weighted by Gasteiger charge is 2.21. The number of nitriles is 1. The topological polar surface area (TPSA) is 209 Å². The molecule has 0 fully saturated rings. The summed E-state index contributed by atoms with van der Waals surface area (Å²) in [5.74, 6) is 0.851. The predicted octanol–water partition coefficient (Wildman–Crippen LogP) is 1.87. The Balaban J connectivity index is 0.000000218. The lowest BCUT2D eigenvalue weighted by Gasteiger charge is -2.10. The number of aryl methyl sites for hydroxylation is 2. The molecule has 0 unspecified atom stereocenters. The minimum Gasteiger partial charge on any atom is -0.381 e. The largest absolute Gasteiger partial charge is 0.381 e. The zero-order chi connectivity index (χ0) is 41.4. The molecule has 0 saturated carbocycles. The second-order valence-corrected chi connectivity index (χ2v) is 13.6. The van der Waals surface area contributed by atoms with Crippen LogP contribution in [0.1, 0.15) is 65.4 Å². The third-order valence-corrected chi connectivity index (χ3v) is 9.49. The van der Waals surface area contributed by atoms with Crippen molar-refractivity contribution in [1.82, 2.24) is 37.4 Å². The SMILES string of the molecule is CCCOCCc1nc2c(c(=O)n(C)c(=O)n2C)n1Cc1ccc(C#N)cc1.CCCOCCc1nc2c(c(=O)n(C)c(=O)n2C)n1Cc1ccc(C(N)=O)cc1. The monoisotopic (exact) mass is 780 g/mol. The number of aromatic nitrogens is 8. The van der Waals surface area contributed by atoms with Crippen molar-refractivity contribution in [2.24, 2.45) is 33.9 Å². The lowest BCUT2D eigenvalue weighted by molar-refractivity contribution is 0.1000. The Labute approximate surface area is 327 Å². The van der Waals surface area contributed by atoms with Crippen LogP contribution in [0, 0.1) is 11.3 Å². The first-order valence-corrected chi connectivity index (χ1v) is 18.7. The van der Waals surface area contributed by atoms with E-state index in [9.17, 15) is 24.0 Å². The van der Waals surface area contributed by atoms with E-state index in [0.29, 0.717) is 97.5 Å². The molecule has 6 rings (SSSR count). The third-order valence-electron chi connectivity index (χ3n) is 9.49. The molecule has 57 heavy (non-hydrogen) atoms. The first-order chi connectivity index (χ1) is 27.3. The third kappa shape index (κ3) is 9.03. The van der Waals surface area contributed by atoms with Gasteiger partial charge in [-0.15, -0.1) is 0 Å². The van der Waals surface area contributed by atoms with Crippen LogP contribution in [0.5, 0.6) is 0 Å². The average molecular weight is 781 g/mol. The molecule has 300 valence electrons. The summed E-state index contributed by atoms with van der Waals surface area (Å²) in [5.41, 5.74) is 7.95. The fraction of sp³-hybridized carbons (Fsp3) is 0.400. The van der Waals surface area contributed by atoms with E-state index in [1.54, 1.807) is 50.5 Å². The molecule has 0 radical (unpaired) electrons. The van der Waals surface area contributed by atoms with Gasteiger partial charge < -0.3 is 24.3 Å².